The van der Waals surface area contributed by atoms with Crippen molar-refractivity contribution >= 4 is 21.9 Å². The molecule has 1 N–H and O–H groups in total. The van der Waals surface area contributed by atoms with E-state index in [1.807, 2.05) is 36.4 Å². The molecule has 2 aromatic rings. The smallest absolute Gasteiger partial charge is 0.407 e. The van der Waals surface area contributed by atoms with Crippen molar-refractivity contribution in [1.82, 2.24) is 4.90 Å². The fraction of sp³-hybridized carbons (Fsp3) is 0.606. The van der Waals surface area contributed by atoms with E-state index < -0.39 is 34.5 Å². The Morgan fingerprint density at radius 1 is 1.00 bits per heavy atom. The van der Waals surface area contributed by atoms with Crippen molar-refractivity contribution in [3.8, 4) is 11.5 Å². The highest BCUT2D eigenvalue weighted by atomic mass is 32.2. The molecule has 4 atom stereocenters. The van der Waals surface area contributed by atoms with Crippen LogP contribution in [0, 0.1) is 0 Å². The number of hydrogen-bond donors (Lipinski definition) is 1. The molecular formula is C33H48N2O11S. The van der Waals surface area contributed by atoms with Crippen molar-refractivity contribution < 1.29 is 50.9 Å². The Labute approximate surface area is 277 Å². The first kappa shape index (κ1) is 36.7. The monoisotopic (exact) mass is 680 g/mol. The SMILES string of the molecule is COCCCOc1ccc([C@@H]2[C@@H](OCc3ccc4c(c3)N(CCCOC)CCO4)CN(C(=O)O)C[C@H]2OC[C@H](C)OS(C)(=O)=O)cc1. The first-order valence-electron chi connectivity index (χ1n) is 15.9. The van der Waals surface area contributed by atoms with E-state index in [1.54, 1.807) is 21.1 Å². The van der Waals surface area contributed by atoms with Crippen LogP contribution in [-0.2, 0) is 39.9 Å². The molecule has 0 saturated carbocycles. The van der Waals surface area contributed by atoms with Gasteiger partial charge in [0.15, 0.2) is 0 Å². The predicted molar refractivity (Wildman–Crippen MR) is 175 cm³/mol. The molecular weight excluding hydrogens is 632 g/mol. The fourth-order valence-corrected chi connectivity index (χ4v) is 6.53. The zero-order valence-electron chi connectivity index (χ0n) is 27.7. The lowest BCUT2D eigenvalue weighted by atomic mass is 9.84. The molecule has 0 aromatic heterocycles. The first-order valence-corrected chi connectivity index (χ1v) is 17.7. The number of amides is 1. The lowest BCUT2D eigenvalue weighted by Gasteiger charge is -2.43. The molecule has 4 rings (SSSR count). The Kier molecular flexibility index (Phi) is 13.9. The van der Waals surface area contributed by atoms with Gasteiger partial charge in [0, 0.05) is 46.3 Å². The van der Waals surface area contributed by atoms with Gasteiger partial charge >= 0.3 is 6.09 Å². The number of hydrogen-bond acceptors (Lipinski definition) is 11. The Bertz CT molecular complexity index is 1380. The molecule has 2 heterocycles. The summed E-state index contributed by atoms with van der Waals surface area (Å²) < 4.78 is 63.3. The highest BCUT2D eigenvalue weighted by Crippen LogP contribution is 2.36. The van der Waals surface area contributed by atoms with Crippen LogP contribution in [0.3, 0.4) is 0 Å². The van der Waals surface area contributed by atoms with Gasteiger partial charge < -0.3 is 43.3 Å². The Morgan fingerprint density at radius 2 is 1.70 bits per heavy atom. The minimum absolute atomic E-state index is 0.0567. The maximum atomic E-state index is 12.2. The van der Waals surface area contributed by atoms with Crippen LogP contribution in [0.25, 0.3) is 0 Å². The van der Waals surface area contributed by atoms with Gasteiger partial charge in [0.05, 0.1) is 69.7 Å². The number of likely N-dealkylation sites (tertiary alicyclic amines) is 1. The Hall–Kier alpha value is -3.14. The largest absolute Gasteiger partial charge is 0.494 e. The van der Waals surface area contributed by atoms with Crippen LogP contribution in [-0.4, -0.2) is 123 Å². The number of rotatable bonds is 18. The summed E-state index contributed by atoms with van der Waals surface area (Å²) in [6.07, 6.45) is -0.455. The normalized spacial score (nSPS) is 20.4. The summed E-state index contributed by atoms with van der Waals surface area (Å²) in [5.74, 6) is 1.14. The molecule has 14 heteroatoms. The summed E-state index contributed by atoms with van der Waals surface area (Å²) in [6, 6.07) is 13.6. The minimum atomic E-state index is -3.70. The number of methoxy groups -OCH3 is 2. The summed E-state index contributed by atoms with van der Waals surface area (Å²) in [4.78, 5) is 15.8. The van der Waals surface area contributed by atoms with Gasteiger partial charge in [0.1, 0.15) is 18.1 Å². The Morgan fingerprint density at radius 3 is 2.38 bits per heavy atom. The van der Waals surface area contributed by atoms with E-state index in [-0.39, 0.29) is 32.2 Å². The third-order valence-electron chi connectivity index (χ3n) is 8.01. The molecule has 2 aliphatic heterocycles. The van der Waals surface area contributed by atoms with Gasteiger partial charge in [-0.25, -0.2) is 4.79 Å². The van der Waals surface area contributed by atoms with Crippen LogP contribution in [0.1, 0.15) is 36.8 Å². The fourth-order valence-electron chi connectivity index (χ4n) is 5.88. The molecule has 47 heavy (non-hydrogen) atoms. The van der Waals surface area contributed by atoms with Crippen molar-refractivity contribution in [3.63, 3.8) is 0 Å². The highest BCUT2D eigenvalue weighted by molar-refractivity contribution is 7.86. The van der Waals surface area contributed by atoms with Gasteiger partial charge in [-0.2, -0.15) is 8.42 Å². The first-order chi connectivity index (χ1) is 22.6. The average molecular weight is 681 g/mol. The number of benzene rings is 2. The topological polar surface area (TPSA) is 143 Å². The van der Waals surface area contributed by atoms with Gasteiger partial charge in [0.25, 0.3) is 10.1 Å². The zero-order valence-corrected chi connectivity index (χ0v) is 28.5. The van der Waals surface area contributed by atoms with E-state index in [4.69, 9.17) is 32.6 Å². The number of carbonyl (C=O) groups is 1. The summed E-state index contributed by atoms with van der Waals surface area (Å²) in [6.45, 7) is 5.96. The molecule has 1 fully saturated rings. The van der Waals surface area contributed by atoms with E-state index in [2.05, 4.69) is 11.0 Å². The molecule has 0 radical (unpaired) electrons. The standard InChI is InChI=1S/C33H48N2O11S/c1-24(46-47(4,38)39)22-44-30-20-35(33(36)37)21-31(32(30)26-8-10-27(11-9-26)42-17-6-16-41-3)45-23-25-7-12-29-28(19-25)34(14-18-43-29)13-5-15-40-2/h7-12,19,24,30-32H,5-6,13-18,20-23H2,1-4H3,(H,36,37)/t24-,30+,31-,32-/m0/s1. The zero-order chi connectivity index (χ0) is 33.8. The maximum Gasteiger partial charge on any atom is 0.407 e. The predicted octanol–water partition coefficient (Wildman–Crippen LogP) is 3.75. The van der Waals surface area contributed by atoms with Gasteiger partial charge in [-0.3, -0.25) is 4.18 Å². The Balaban J connectivity index is 1.56. The summed E-state index contributed by atoms with van der Waals surface area (Å²) in [5, 5.41) is 10.0. The second-order valence-electron chi connectivity index (χ2n) is 11.8. The van der Waals surface area contributed by atoms with E-state index in [9.17, 15) is 18.3 Å². The van der Waals surface area contributed by atoms with Crippen LogP contribution < -0.4 is 14.4 Å². The van der Waals surface area contributed by atoms with Gasteiger partial charge in [-0.1, -0.05) is 18.2 Å². The van der Waals surface area contributed by atoms with Crippen LogP contribution in [0.4, 0.5) is 10.5 Å². The molecule has 13 nitrogen and oxygen atoms in total. The second kappa shape index (κ2) is 17.9. The van der Waals surface area contributed by atoms with E-state index in [0.717, 1.165) is 54.8 Å². The molecule has 1 saturated heterocycles. The summed E-state index contributed by atoms with van der Waals surface area (Å²) in [5.41, 5.74) is 2.79. The van der Waals surface area contributed by atoms with E-state index in [0.29, 0.717) is 32.2 Å². The van der Waals surface area contributed by atoms with Crippen LogP contribution in [0.2, 0.25) is 0 Å². The minimum Gasteiger partial charge on any atom is -0.494 e. The number of nitrogens with zero attached hydrogens (tertiary/aromatic N) is 2. The maximum absolute atomic E-state index is 12.2. The molecule has 2 aromatic carbocycles. The van der Waals surface area contributed by atoms with Crippen LogP contribution >= 0.6 is 0 Å². The number of fused-ring (bicyclic) bond motifs is 1. The molecule has 0 bridgehead atoms. The lowest BCUT2D eigenvalue weighted by Crippen LogP contribution is -2.54. The van der Waals surface area contributed by atoms with Crippen molar-refractivity contribution in [2.45, 2.75) is 50.6 Å². The van der Waals surface area contributed by atoms with Crippen molar-refractivity contribution in [3.05, 3.63) is 53.6 Å². The van der Waals surface area contributed by atoms with Crippen LogP contribution in [0.15, 0.2) is 42.5 Å². The molecule has 2 aliphatic rings. The summed E-state index contributed by atoms with van der Waals surface area (Å²) >= 11 is 0. The molecule has 0 unspecified atom stereocenters. The van der Waals surface area contributed by atoms with E-state index in [1.165, 1.54) is 4.90 Å². The molecule has 1 amide bonds. The number of carboxylic acid groups (broad SMARTS) is 1. The van der Waals surface area contributed by atoms with Crippen molar-refractivity contribution in [2.24, 2.45) is 0 Å². The molecule has 262 valence electrons. The van der Waals surface area contributed by atoms with Crippen LogP contribution in [0.5, 0.6) is 11.5 Å². The number of ether oxygens (including phenoxy) is 6. The number of anilines is 1. The van der Waals surface area contributed by atoms with Gasteiger partial charge in [-0.05, 0) is 48.7 Å². The quantitative estimate of drug-likeness (QED) is 0.181. The molecule has 0 spiro atoms. The van der Waals surface area contributed by atoms with Crippen molar-refractivity contribution in [2.75, 3.05) is 84.6 Å². The lowest BCUT2D eigenvalue weighted by molar-refractivity contribution is -0.0983. The third kappa shape index (κ3) is 11.2. The average Bonchev–Trinajstić information content (AvgIpc) is 3.04. The highest BCUT2D eigenvalue weighted by Gasteiger charge is 2.41. The van der Waals surface area contributed by atoms with Crippen molar-refractivity contribution in [1.29, 1.82) is 0 Å². The number of piperidine rings is 1. The second-order valence-corrected chi connectivity index (χ2v) is 13.4. The third-order valence-corrected chi connectivity index (χ3v) is 8.68. The summed E-state index contributed by atoms with van der Waals surface area (Å²) in [7, 11) is -0.359. The van der Waals surface area contributed by atoms with Gasteiger partial charge in [-0.15, -0.1) is 0 Å². The van der Waals surface area contributed by atoms with E-state index >= 15 is 0 Å². The molecule has 0 aliphatic carbocycles. The van der Waals surface area contributed by atoms with Gasteiger partial charge in [0.2, 0.25) is 0 Å².